The lowest BCUT2D eigenvalue weighted by Crippen LogP contribution is -2.30. The fraction of sp³-hybridized carbons (Fsp3) is 0.188. The highest BCUT2D eigenvalue weighted by Crippen LogP contribution is 2.12. The van der Waals surface area contributed by atoms with E-state index in [4.69, 9.17) is 4.74 Å². The number of benzene rings is 2. The zero-order valence-electron chi connectivity index (χ0n) is 11.6. The van der Waals surface area contributed by atoms with Crippen LogP contribution in [0, 0.1) is 9.39 Å². The van der Waals surface area contributed by atoms with Crippen molar-refractivity contribution in [2.75, 3.05) is 20.2 Å². The van der Waals surface area contributed by atoms with Gasteiger partial charge in [-0.3, -0.25) is 4.79 Å². The van der Waals surface area contributed by atoms with Crippen molar-refractivity contribution < 1.29 is 13.9 Å². The molecule has 1 amide bonds. The zero-order chi connectivity index (χ0) is 15.2. The van der Waals surface area contributed by atoms with Gasteiger partial charge in [-0.1, -0.05) is 12.1 Å². The van der Waals surface area contributed by atoms with Gasteiger partial charge >= 0.3 is 0 Å². The highest BCUT2D eigenvalue weighted by molar-refractivity contribution is 14.1. The third-order valence-corrected chi connectivity index (χ3v) is 3.58. The SMILES string of the molecule is CN(CCOc1cccc(F)c1)C(=O)c1cccc(I)c1. The molecule has 2 aromatic rings. The van der Waals surface area contributed by atoms with Gasteiger partial charge in [0.05, 0.1) is 6.54 Å². The van der Waals surface area contributed by atoms with Crippen molar-refractivity contribution in [1.29, 1.82) is 0 Å². The van der Waals surface area contributed by atoms with Crippen molar-refractivity contribution in [3.05, 3.63) is 63.5 Å². The van der Waals surface area contributed by atoms with Crippen LogP contribution < -0.4 is 4.74 Å². The largest absolute Gasteiger partial charge is 0.492 e. The molecule has 21 heavy (non-hydrogen) atoms. The highest BCUT2D eigenvalue weighted by atomic mass is 127. The maximum Gasteiger partial charge on any atom is 0.253 e. The van der Waals surface area contributed by atoms with E-state index in [0.29, 0.717) is 24.5 Å². The maximum absolute atomic E-state index is 13.0. The summed E-state index contributed by atoms with van der Waals surface area (Å²) in [4.78, 5) is 13.8. The number of hydrogen-bond acceptors (Lipinski definition) is 2. The fourth-order valence-electron chi connectivity index (χ4n) is 1.80. The van der Waals surface area contributed by atoms with Crippen LogP contribution in [0.2, 0.25) is 0 Å². The van der Waals surface area contributed by atoms with Gasteiger partial charge in [-0.25, -0.2) is 4.39 Å². The van der Waals surface area contributed by atoms with Gasteiger partial charge in [-0.15, -0.1) is 0 Å². The number of halogens is 2. The lowest BCUT2D eigenvalue weighted by Gasteiger charge is -2.17. The van der Waals surface area contributed by atoms with Crippen LogP contribution >= 0.6 is 22.6 Å². The van der Waals surface area contributed by atoms with Gasteiger partial charge in [0, 0.05) is 22.2 Å². The second kappa shape index (κ2) is 7.40. The Kier molecular flexibility index (Phi) is 5.55. The van der Waals surface area contributed by atoms with E-state index in [1.807, 2.05) is 18.2 Å². The molecule has 110 valence electrons. The molecule has 0 unspecified atom stereocenters. The third kappa shape index (κ3) is 4.70. The van der Waals surface area contributed by atoms with Gasteiger partial charge in [0.1, 0.15) is 18.2 Å². The average Bonchev–Trinajstić information content (AvgIpc) is 2.46. The van der Waals surface area contributed by atoms with Crippen LogP contribution in [0.1, 0.15) is 10.4 Å². The molecule has 0 aliphatic heterocycles. The summed E-state index contributed by atoms with van der Waals surface area (Å²) in [6.07, 6.45) is 0. The molecule has 5 heteroatoms. The number of carbonyl (C=O) groups excluding carboxylic acids is 1. The Morgan fingerprint density at radius 1 is 1.24 bits per heavy atom. The van der Waals surface area contributed by atoms with Gasteiger partial charge < -0.3 is 9.64 Å². The second-order valence-corrected chi connectivity index (χ2v) is 5.79. The smallest absolute Gasteiger partial charge is 0.253 e. The Bertz CT molecular complexity index is 633. The first-order chi connectivity index (χ1) is 10.1. The van der Waals surface area contributed by atoms with Crippen molar-refractivity contribution in [1.82, 2.24) is 4.90 Å². The fourth-order valence-corrected chi connectivity index (χ4v) is 2.34. The third-order valence-electron chi connectivity index (χ3n) is 2.91. The molecule has 0 saturated carbocycles. The summed E-state index contributed by atoms with van der Waals surface area (Å²) in [6, 6.07) is 13.4. The molecule has 2 rings (SSSR count). The van der Waals surface area contributed by atoms with E-state index in [0.717, 1.165) is 3.57 Å². The molecule has 2 aromatic carbocycles. The van der Waals surface area contributed by atoms with Crippen LogP contribution in [-0.4, -0.2) is 31.0 Å². The minimum absolute atomic E-state index is 0.0589. The van der Waals surface area contributed by atoms with E-state index in [-0.39, 0.29) is 11.7 Å². The molecule has 0 aromatic heterocycles. The predicted octanol–water partition coefficient (Wildman–Crippen LogP) is 3.58. The topological polar surface area (TPSA) is 29.5 Å². The molecule has 0 spiro atoms. The molecular formula is C16H15FINO2. The van der Waals surface area contributed by atoms with E-state index in [2.05, 4.69) is 22.6 Å². The summed E-state index contributed by atoms with van der Waals surface area (Å²) in [5.41, 5.74) is 0.648. The van der Waals surface area contributed by atoms with Crippen LogP contribution in [0.15, 0.2) is 48.5 Å². The average molecular weight is 399 g/mol. The first-order valence-corrected chi connectivity index (χ1v) is 7.53. The van der Waals surface area contributed by atoms with Crippen LogP contribution in [-0.2, 0) is 0 Å². The van der Waals surface area contributed by atoms with Gasteiger partial charge in [0.25, 0.3) is 5.91 Å². The lowest BCUT2D eigenvalue weighted by atomic mass is 10.2. The summed E-state index contributed by atoms with van der Waals surface area (Å²) in [5, 5.41) is 0. The summed E-state index contributed by atoms with van der Waals surface area (Å²) in [6.45, 7) is 0.746. The number of amides is 1. The molecule has 0 radical (unpaired) electrons. The Balaban J connectivity index is 1.87. The van der Waals surface area contributed by atoms with Gasteiger partial charge in [0.2, 0.25) is 0 Å². The molecule has 0 aliphatic rings. The summed E-state index contributed by atoms with van der Waals surface area (Å²) in [7, 11) is 1.72. The Hall–Kier alpha value is -1.63. The molecule has 0 fully saturated rings. The highest BCUT2D eigenvalue weighted by Gasteiger charge is 2.11. The molecule has 0 heterocycles. The van der Waals surface area contributed by atoms with Gasteiger partial charge in [0.15, 0.2) is 0 Å². The molecule has 0 aliphatic carbocycles. The first kappa shape index (κ1) is 15.8. The summed E-state index contributed by atoms with van der Waals surface area (Å²) >= 11 is 2.17. The van der Waals surface area contributed by atoms with Crippen molar-refractivity contribution >= 4 is 28.5 Å². The number of hydrogen-bond donors (Lipinski definition) is 0. The number of carbonyl (C=O) groups is 1. The normalized spacial score (nSPS) is 10.2. The molecular weight excluding hydrogens is 384 g/mol. The Labute approximate surface area is 136 Å². The predicted molar refractivity (Wildman–Crippen MR) is 88.0 cm³/mol. The van der Waals surface area contributed by atoms with Crippen LogP contribution in [0.5, 0.6) is 5.75 Å². The van der Waals surface area contributed by atoms with E-state index < -0.39 is 0 Å². The molecule has 0 saturated heterocycles. The molecule has 0 N–H and O–H groups in total. The van der Waals surface area contributed by atoms with Crippen molar-refractivity contribution in [2.24, 2.45) is 0 Å². The minimum atomic E-state index is -0.337. The van der Waals surface area contributed by atoms with Crippen LogP contribution in [0.3, 0.4) is 0 Å². The Morgan fingerprint density at radius 2 is 2.00 bits per heavy atom. The van der Waals surface area contributed by atoms with Crippen molar-refractivity contribution in [3.63, 3.8) is 0 Å². The number of likely N-dealkylation sites (N-methyl/N-ethyl adjacent to an activating group) is 1. The van der Waals surface area contributed by atoms with E-state index in [9.17, 15) is 9.18 Å². The number of ether oxygens (including phenoxy) is 1. The van der Waals surface area contributed by atoms with Crippen molar-refractivity contribution in [3.8, 4) is 5.75 Å². The van der Waals surface area contributed by atoms with Crippen LogP contribution in [0.4, 0.5) is 4.39 Å². The monoisotopic (exact) mass is 399 g/mol. The first-order valence-electron chi connectivity index (χ1n) is 6.45. The van der Waals surface area contributed by atoms with E-state index in [1.165, 1.54) is 12.1 Å². The standard InChI is InChI=1S/C16H15FINO2/c1-19(16(20)12-4-2-6-14(18)10-12)8-9-21-15-7-3-5-13(17)11-15/h2-7,10-11H,8-9H2,1H3. The Morgan fingerprint density at radius 3 is 2.71 bits per heavy atom. The van der Waals surface area contributed by atoms with E-state index >= 15 is 0 Å². The maximum atomic E-state index is 13.0. The quantitative estimate of drug-likeness (QED) is 0.720. The number of nitrogens with zero attached hydrogens (tertiary/aromatic N) is 1. The zero-order valence-corrected chi connectivity index (χ0v) is 13.7. The minimum Gasteiger partial charge on any atom is -0.492 e. The second-order valence-electron chi connectivity index (χ2n) is 4.54. The van der Waals surface area contributed by atoms with Gasteiger partial charge in [-0.2, -0.15) is 0 Å². The van der Waals surface area contributed by atoms with Crippen LogP contribution in [0.25, 0.3) is 0 Å². The van der Waals surface area contributed by atoms with Crippen molar-refractivity contribution in [2.45, 2.75) is 0 Å². The lowest BCUT2D eigenvalue weighted by molar-refractivity contribution is 0.0773. The summed E-state index contributed by atoms with van der Waals surface area (Å²) < 4.78 is 19.4. The molecule has 3 nitrogen and oxygen atoms in total. The van der Waals surface area contributed by atoms with E-state index in [1.54, 1.807) is 30.1 Å². The molecule has 0 bridgehead atoms. The number of rotatable bonds is 5. The van der Waals surface area contributed by atoms with Gasteiger partial charge in [-0.05, 0) is 52.9 Å². The molecule has 0 atom stereocenters. The summed E-state index contributed by atoms with van der Waals surface area (Å²) in [5.74, 6) is 0.0669.